The van der Waals surface area contributed by atoms with Gasteiger partial charge in [-0.15, -0.1) is 0 Å². The van der Waals surface area contributed by atoms with Crippen molar-refractivity contribution in [3.63, 3.8) is 0 Å². The van der Waals surface area contributed by atoms with Crippen molar-refractivity contribution in [3.8, 4) is 0 Å². The Morgan fingerprint density at radius 2 is 2.07 bits per heavy atom. The maximum absolute atomic E-state index is 5.89. The highest BCUT2D eigenvalue weighted by Crippen LogP contribution is 2.47. The Morgan fingerprint density at radius 1 is 1.27 bits per heavy atom. The molecular formula is C13H17NO. The highest BCUT2D eigenvalue weighted by Gasteiger charge is 2.49. The number of aryl methyl sites for hydroxylation is 1. The molecule has 0 bridgehead atoms. The molecule has 1 aliphatic carbocycles. The zero-order chi connectivity index (χ0) is 10.5. The van der Waals surface area contributed by atoms with Crippen LogP contribution in [-0.4, -0.2) is 5.54 Å². The lowest BCUT2D eigenvalue weighted by molar-refractivity contribution is -0.0633. The maximum Gasteiger partial charge on any atom is 0.117 e. The topological polar surface area (TPSA) is 21.3 Å². The van der Waals surface area contributed by atoms with Gasteiger partial charge >= 0.3 is 0 Å². The molecule has 0 aromatic heterocycles. The van der Waals surface area contributed by atoms with Crippen molar-refractivity contribution in [2.75, 3.05) is 0 Å². The predicted molar refractivity (Wildman–Crippen MR) is 59.4 cm³/mol. The first-order valence-electron chi connectivity index (χ1n) is 5.65. The van der Waals surface area contributed by atoms with Crippen LogP contribution in [0.25, 0.3) is 0 Å². The normalized spacial score (nSPS) is 32.1. The first-order chi connectivity index (χ1) is 7.11. The summed E-state index contributed by atoms with van der Waals surface area (Å²) in [5.41, 5.74) is 6.06. The monoisotopic (exact) mass is 203 g/mol. The van der Waals surface area contributed by atoms with E-state index in [1.165, 1.54) is 11.1 Å². The number of benzene rings is 1. The van der Waals surface area contributed by atoms with E-state index in [1.54, 1.807) is 0 Å². The third-order valence-electron chi connectivity index (χ3n) is 3.56. The van der Waals surface area contributed by atoms with Gasteiger partial charge in [-0.1, -0.05) is 24.3 Å². The largest absolute Gasteiger partial charge is 0.290 e. The molecule has 2 nitrogen and oxygen atoms in total. The number of fused-ring (bicyclic) bond motifs is 2. The van der Waals surface area contributed by atoms with Gasteiger partial charge in [0.25, 0.3) is 0 Å². The van der Waals surface area contributed by atoms with Crippen LogP contribution in [-0.2, 0) is 16.9 Å². The molecule has 3 rings (SSSR count). The molecule has 1 aromatic carbocycles. The number of hydrogen-bond donors (Lipinski definition) is 1. The van der Waals surface area contributed by atoms with Gasteiger partial charge < -0.3 is 0 Å². The minimum absolute atomic E-state index is 0.0555. The number of nitrogens with one attached hydrogen (secondary N) is 1. The molecule has 1 unspecified atom stereocenters. The summed E-state index contributed by atoms with van der Waals surface area (Å²) >= 11 is 0. The van der Waals surface area contributed by atoms with Crippen LogP contribution in [0.1, 0.15) is 37.8 Å². The van der Waals surface area contributed by atoms with Crippen molar-refractivity contribution < 1.29 is 4.84 Å². The van der Waals surface area contributed by atoms with E-state index in [2.05, 4.69) is 43.6 Å². The molecule has 1 atom stereocenters. The van der Waals surface area contributed by atoms with E-state index in [0.29, 0.717) is 0 Å². The van der Waals surface area contributed by atoms with Crippen molar-refractivity contribution in [3.05, 3.63) is 35.4 Å². The molecule has 1 fully saturated rings. The van der Waals surface area contributed by atoms with Crippen LogP contribution in [0.3, 0.4) is 0 Å². The summed E-state index contributed by atoms with van der Waals surface area (Å²) in [6, 6.07) is 8.66. The molecule has 1 N–H and O–H groups in total. The van der Waals surface area contributed by atoms with E-state index in [0.717, 1.165) is 19.3 Å². The first kappa shape index (κ1) is 9.37. The second kappa shape index (κ2) is 2.83. The molecule has 1 saturated heterocycles. The highest BCUT2D eigenvalue weighted by molar-refractivity contribution is 5.38. The van der Waals surface area contributed by atoms with E-state index in [1.807, 2.05) is 0 Å². The molecule has 2 heteroatoms. The predicted octanol–water partition coefficient (Wildman–Crippen LogP) is 2.53. The maximum atomic E-state index is 5.89. The van der Waals surface area contributed by atoms with Gasteiger partial charge in [-0.05, 0) is 37.8 Å². The summed E-state index contributed by atoms with van der Waals surface area (Å²) in [7, 11) is 0. The molecule has 80 valence electrons. The summed E-state index contributed by atoms with van der Waals surface area (Å²) in [6.07, 6.45) is 3.33. The minimum atomic E-state index is -0.0555. The molecule has 1 aromatic rings. The van der Waals surface area contributed by atoms with Crippen LogP contribution in [0.4, 0.5) is 0 Å². The van der Waals surface area contributed by atoms with Crippen molar-refractivity contribution in [2.24, 2.45) is 0 Å². The fourth-order valence-electron chi connectivity index (χ4n) is 2.97. The van der Waals surface area contributed by atoms with Gasteiger partial charge in [0.05, 0.1) is 0 Å². The Labute approximate surface area is 90.6 Å². The number of hydrogen-bond acceptors (Lipinski definition) is 2. The lowest BCUT2D eigenvalue weighted by Crippen LogP contribution is -2.30. The molecule has 15 heavy (non-hydrogen) atoms. The van der Waals surface area contributed by atoms with Gasteiger partial charge in [0, 0.05) is 12.0 Å². The van der Waals surface area contributed by atoms with Gasteiger partial charge in [-0.2, -0.15) is 5.48 Å². The first-order valence-corrected chi connectivity index (χ1v) is 5.65. The van der Waals surface area contributed by atoms with E-state index >= 15 is 0 Å². The second-order valence-electron chi connectivity index (χ2n) is 5.42. The van der Waals surface area contributed by atoms with Crippen molar-refractivity contribution >= 4 is 0 Å². The Morgan fingerprint density at radius 3 is 2.80 bits per heavy atom. The summed E-state index contributed by atoms with van der Waals surface area (Å²) in [6.45, 7) is 4.39. The highest BCUT2D eigenvalue weighted by atomic mass is 16.7. The summed E-state index contributed by atoms with van der Waals surface area (Å²) in [5, 5.41) is 0. The SMILES string of the molecule is CC1(C)CC2(CCc3ccccc32)ON1. The van der Waals surface area contributed by atoms with Crippen molar-refractivity contribution in [2.45, 2.75) is 44.2 Å². The summed E-state index contributed by atoms with van der Waals surface area (Å²) in [4.78, 5) is 5.89. The summed E-state index contributed by atoms with van der Waals surface area (Å²) in [5.74, 6) is 0. The fraction of sp³-hybridized carbons (Fsp3) is 0.538. The van der Waals surface area contributed by atoms with Gasteiger partial charge in [0.15, 0.2) is 0 Å². The van der Waals surface area contributed by atoms with Crippen molar-refractivity contribution in [1.82, 2.24) is 5.48 Å². The van der Waals surface area contributed by atoms with E-state index in [4.69, 9.17) is 4.84 Å². The quantitative estimate of drug-likeness (QED) is 0.699. The number of hydroxylamine groups is 1. The summed E-state index contributed by atoms with van der Waals surface area (Å²) < 4.78 is 0. The number of rotatable bonds is 0. The fourth-order valence-corrected chi connectivity index (χ4v) is 2.97. The van der Waals surface area contributed by atoms with Gasteiger partial charge in [-0.25, -0.2) is 0 Å². The van der Waals surface area contributed by atoms with Crippen molar-refractivity contribution in [1.29, 1.82) is 0 Å². The third kappa shape index (κ3) is 1.32. The zero-order valence-electron chi connectivity index (χ0n) is 9.34. The zero-order valence-corrected chi connectivity index (χ0v) is 9.34. The van der Waals surface area contributed by atoms with Crippen LogP contribution < -0.4 is 5.48 Å². The smallest absolute Gasteiger partial charge is 0.117 e. The molecule has 1 spiro atoms. The minimum Gasteiger partial charge on any atom is -0.290 e. The molecule has 1 heterocycles. The Bertz CT molecular complexity index is 399. The Kier molecular flexibility index (Phi) is 1.77. The standard InChI is InChI=1S/C13H17NO/c1-12(2)9-13(15-14-12)8-7-10-5-3-4-6-11(10)13/h3-6,14H,7-9H2,1-2H3. The van der Waals surface area contributed by atoms with Crippen LogP contribution in [0.5, 0.6) is 0 Å². The average Bonchev–Trinajstić information content (AvgIpc) is 2.71. The van der Waals surface area contributed by atoms with Gasteiger partial charge in [0.2, 0.25) is 0 Å². The average molecular weight is 203 g/mol. The molecule has 2 aliphatic rings. The lowest BCUT2D eigenvalue weighted by atomic mass is 9.85. The molecule has 0 radical (unpaired) electrons. The lowest BCUT2D eigenvalue weighted by Gasteiger charge is -2.23. The Hall–Kier alpha value is -0.860. The van der Waals surface area contributed by atoms with Gasteiger partial charge in [-0.3, -0.25) is 4.84 Å². The third-order valence-corrected chi connectivity index (χ3v) is 3.56. The van der Waals surface area contributed by atoms with Crippen LogP contribution >= 0.6 is 0 Å². The van der Waals surface area contributed by atoms with E-state index in [-0.39, 0.29) is 11.1 Å². The second-order valence-corrected chi connectivity index (χ2v) is 5.42. The molecule has 0 amide bonds. The van der Waals surface area contributed by atoms with Crippen LogP contribution in [0.2, 0.25) is 0 Å². The van der Waals surface area contributed by atoms with Crippen LogP contribution in [0.15, 0.2) is 24.3 Å². The molecular weight excluding hydrogens is 186 g/mol. The molecule has 1 aliphatic heterocycles. The Balaban J connectivity index is 2.04. The van der Waals surface area contributed by atoms with E-state index in [9.17, 15) is 0 Å². The molecule has 0 saturated carbocycles. The van der Waals surface area contributed by atoms with Crippen LogP contribution in [0, 0.1) is 0 Å². The van der Waals surface area contributed by atoms with Gasteiger partial charge in [0.1, 0.15) is 5.60 Å². The van der Waals surface area contributed by atoms with E-state index < -0.39 is 0 Å².